The van der Waals surface area contributed by atoms with Crippen LogP contribution in [0.25, 0.3) is 0 Å². The number of nitrogens with one attached hydrogen (secondary N) is 1. The van der Waals surface area contributed by atoms with Crippen molar-refractivity contribution in [3.05, 3.63) is 16.7 Å². The van der Waals surface area contributed by atoms with E-state index in [1.165, 1.54) is 18.7 Å². The molecule has 0 aromatic carbocycles. The number of imidazole rings is 1. The van der Waals surface area contributed by atoms with Gasteiger partial charge < -0.3 is 14.5 Å². The van der Waals surface area contributed by atoms with Gasteiger partial charge in [-0.05, 0) is 38.1 Å². The fourth-order valence-corrected chi connectivity index (χ4v) is 2.22. The van der Waals surface area contributed by atoms with Gasteiger partial charge in [0.2, 0.25) is 0 Å². The quantitative estimate of drug-likeness (QED) is 0.742. The molecule has 0 saturated carbocycles. The number of hydrogen-bond acceptors (Lipinski definition) is 2. The van der Waals surface area contributed by atoms with Gasteiger partial charge in [0, 0.05) is 25.0 Å². The van der Waals surface area contributed by atoms with E-state index in [4.69, 9.17) is 12.2 Å². The summed E-state index contributed by atoms with van der Waals surface area (Å²) in [6.45, 7) is 11.0. The third kappa shape index (κ3) is 3.46. The summed E-state index contributed by atoms with van der Waals surface area (Å²) in [7, 11) is 0. The molecule has 1 heterocycles. The van der Waals surface area contributed by atoms with Gasteiger partial charge in [-0.15, -0.1) is 0 Å². The lowest BCUT2D eigenvalue weighted by Gasteiger charge is -2.20. The standard InChI is InChI=1S/C12H23N3S/c1-4-7-14(6-3)8-9-15-11(5-2)10-13-12(15)16/h10H,4-9H2,1-3H3,(H,13,16). The molecule has 0 fully saturated rings. The number of aromatic amines is 1. The van der Waals surface area contributed by atoms with Crippen molar-refractivity contribution < 1.29 is 0 Å². The zero-order chi connectivity index (χ0) is 12.0. The maximum Gasteiger partial charge on any atom is 0.177 e. The lowest BCUT2D eigenvalue weighted by atomic mass is 10.3. The highest BCUT2D eigenvalue weighted by Crippen LogP contribution is 2.03. The van der Waals surface area contributed by atoms with E-state index in [0.29, 0.717) is 0 Å². The first-order chi connectivity index (χ1) is 7.72. The lowest BCUT2D eigenvalue weighted by Crippen LogP contribution is -2.28. The molecule has 0 amide bonds. The Bertz CT molecular complexity index is 353. The summed E-state index contributed by atoms with van der Waals surface area (Å²) in [5.74, 6) is 0. The Labute approximate surface area is 103 Å². The maximum atomic E-state index is 5.28. The van der Waals surface area contributed by atoms with Crippen LogP contribution in [0, 0.1) is 4.77 Å². The van der Waals surface area contributed by atoms with Gasteiger partial charge in [-0.1, -0.05) is 20.8 Å². The highest BCUT2D eigenvalue weighted by Gasteiger charge is 2.04. The van der Waals surface area contributed by atoms with E-state index in [1.54, 1.807) is 0 Å². The molecular formula is C12H23N3S. The Hall–Kier alpha value is -0.610. The zero-order valence-corrected chi connectivity index (χ0v) is 11.4. The van der Waals surface area contributed by atoms with Crippen molar-refractivity contribution in [3.8, 4) is 0 Å². The van der Waals surface area contributed by atoms with Crippen LogP contribution < -0.4 is 0 Å². The minimum atomic E-state index is 0.851. The predicted molar refractivity (Wildman–Crippen MR) is 71.4 cm³/mol. The third-order valence-corrected chi connectivity index (χ3v) is 3.28. The van der Waals surface area contributed by atoms with Crippen molar-refractivity contribution in [2.24, 2.45) is 0 Å². The number of rotatable bonds is 7. The summed E-state index contributed by atoms with van der Waals surface area (Å²) in [4.78, 5) is 5.59. The predicted octanol–water partition coefficient (Wildman–Crippen LogP) is 2.84. The number of aromatic nitrogens is 2. The van der Waals surface area contributed by atoms with Crippen LogP contribution in [-0.4, -0.2) is 34.1 Å². The molecular weight excluding hydrogens is 218 g/mol. The first-order valence-electron chi connectivity index (χ1n) is 6.22. The van der Waals surface area contributed by atoms with Crippen molar-refractivity contribution in [2.45, 2.75) is 40.2 Å². The molecule has 0 aliphatic heterocycles. The Balaban J connectivity index is 2.59. The average molecular weight is 241 g/mol. The van der Waals surface area contributed by atoms with Crippen molar-refractivity contribution in [3.63, 3.8) is 0 Å². The van der Waals surface area contributed by atoms with Crippen molar-refractivity contribution in [1.29, 1.82) is 0 Å². The lowest BCUT2D eigenvalue weighted by molar-refractivity contribution is 0.275. The monoisotopic (exact) mass is 241 g/mol. The summed E-state index contributed by atoms with van der Waals surface area (Å²) in [5.41, 5.74) is 1.30. The van der Waals surface area contributed by atoms with Crippen LogP contribution in [0.4, 0.5) is 0 Å². The normalized spacial score (nSPS) is 11.2. The molecule has 1 rings (SSSR count). The van der Waals surface area contributed by atoms with E-state index in [-0.39, 0.29) is 0 Å². The number of likely N-dealkylation sites (N-methyl/N-ethyl adjacent to an activating group) is 1. The van der Waals surface area contributed by atoms with E-state index in [1.807, 2.05) is 6.20 Å². The third-order valence-electron chi connectivity index (χ3n) is 2.94. The van der Waals surface area contributed by atoms with Gasteiger partial charge in [-0.3, -0.25) is 0 Å². The summed E-state index contributed by atoms with van der Waals surface area (Å²) >= 11 is 5.28. The molecule has 0 spiro atoms. The van der Waals surface area contributed by atoms with Crippen molar-refractivity contribution in [2.75, 3.05) is 19.6 Å². The molecule has 3 nitrogen and oxygen atoms in total. The Morgan fingerprint density at radius 3 is 2.62 bits per heavy atom. The summed E-state index contributed by atoms with van der Waals surface area (Å²) in [6.07, 6.45) is 4.28. The van der Waals surface area contributed by atoms with Gasteiger partial charge in [-0.2, -0.15) is 0 Å². The highest BCUT2D eigenvalue weighted by atomic mass is 32.1. The molecule has 16 heavy (non-hydrogen) atoms. The maximum absolute atomic E-state index is 5.28. The summed E-state index contributed by atoms with van der Waals surface area (Å²) < 4.78 is 3.07. The van der Waals surface area contributed by atoms with Crippen LogP contribution in [0.1, 0.15) is 32.9 Å². The fourth-order valence-electron chi connectivity index (χ4n) is 1.96. The first-order valence-corrected chi connectivity index (χ1v) is 6.63. The molecule has 1 aromatic heterocycles. The highest BCUT2D eigenvalue weighted by molar-refractivity contribution is 7.71. The molecule has 4 heteroatoms. The van der Waals surface area contributed by atoms with E-state index >= 15 is 0 Å². The van der Waals surface area contributed by atoms with Gasteiger partial charge >= 0.3 is 0 Å². The van der Waals surface area contributed by atoms with Gasteiger partial charge in [0.15, 0.2) is 4.77 Å². The number of H-pyrrole nitrogens is 1. The van der Waals surface area contributed by atoms with Crippen LogP contribution in [0.5, 0.6) is 0 Å². The molecule has 92 valence electrons. The molecule has 0 radical (unpaired) electrons. The molecule has 0 aliphatic rings. The van der Waals surface area contributed by atoms with Crippen LogP contribution in [-0.2, 0) is 13.0 Å². The van der Waals surface area contributed by atoms with E-state index in [0.717, 1.165) is 30.8 Å². The molecule has 0 unspecified atom stereocenters. The van der Waals surface area contributed by atoms with Crippen LogP contribution >= 0.6 is 12.2 Å². The van der Waals surface area contributed by atoms with Gasteiger partial charge in [0.1, 0.15) is 0 Å². The fraction of sp³-hybridized carbons (Fsp3) is 0.750. The Kier molecular flexibility index (Phi) is 5.77. The Morgan fingerprint density at radius 1 is 1.31 bits per heavy atom. The Morgan fingerprint density at radius 2 is 2.06 bits per heavy atom. The van der Waals surface area contributed by atoms with Gasteiger partial charge in [-0.25, -0.2) is 0 Å². The second-order valence-electron chi connectivity index (χ2n) is 4.02. The van der Waals surface area contributed by atoms with Crippen molar-refractivity contribution in [1.82, 2.24) is 14.5 Å². The molecule has 0 atom stereocenters. The number of aryl methyl sites for hydroxylation is 1. The van der Waals surface area contributed by atoms with Crippen LogP contribution in [0.15, 0.2) is 6.20 Å². The van der Waals surface area contributed by atoms with Gasteiger partial charge in [0.05, 0.1) is 0 Å². The zero-order valence-electron chi connectivity index (χ0n) is 10.6. The molecule has 0 saturated heterocycles. The van der Waals surface area contributed by atoms with E-state index < -0.39 is 0 Å². The second-order valence-corrected chi connectivity index (χ2v) is 4.41. The minimum Gasteiger partial charge on any atom is -0.337 e. The smallest absolute Gasteiger partial charge is 0.177 e. The SMILES string of the molecule is CCCN(CC)CCn1c(CC)c[nH]c1=S. The van der Waals surface area contributed by atoms with Crippen LogP contribution in [0.2, 0.25) is 0 Å². The van der Waals surface area contributed by atoms with Crippen LogP contribution in [0.3, 0.4) is 0 Å². The summed E-state index contributed by atoms with van der Waals surface area (Å²) in [6, 6.07) is 0. The second kappa shape index (κ2) is 6.86. The average Bonchev–Trinajstić information content (AvgIpc) is 2.65. The number of hydrogen-bond donors (Lipinski definition) is 1. The topological polar surface area (TPSA) is 24.0 Å². The molecule has 0 aliphatic carbocycles. The summed E-state index contributed by atoms with van der Waals surface area (Å²) in [5, 5.41) is 0. The largest absolute Gasteiger partial charge is 0.337 e. The first kappa shape index (κ1) is 13.5. The number of nitrogens with zero attached hydrogens (tertiary/aromatic N) is 2. The minimum absolute atomic E-state index is 0.851. The van der Waals surface area contributed by atoms with Crippen molar-refractivity contribution >= 4 is 12.2 Å². The molecule has 0 bridgehead atoms. The van der Waals surface area contributed by atoms with Gasteiger partial charge in [0.25, 0.3) is 0 Å². The molecule has 1 N–H and O–H groups in total. The molecule has 1 aromatic rings. The van der Waals surface area contributed by atoms with E-state index in [2.05, 4.69) is 35.2 Å². The van der Waals surface area contributed by atoms with E-state index in [9.17, 15) is 0 Å².